The van der Waals surface area contributed by atoms with E-state index in [-0.39, 0.29) is 0 Å². The van der Waals surface area contributed by atoms with Crippen molar-refractivity contribution in [2.24, 2.45) is 11.7 Å². The zero-order chi connectivity index (χ0) is 13.9. The normalized spacial score (nSPS) is 21.7. The molecular formula is C12H21N3O2S2. The van der Waals surface area contributed by atoms with Crippen molar-refractivity contribution >= 4 is 21.4 Å². The summed E-state index contributed by atoms with van der Waals surface area (Å²) < 4.78 is 27.0. The lowest BCUT2D eigenvalue weighted by Crippen LogP contribution is -2.39. The summed E-state index contributed by atoms with van der Waals surface area (Å²) in [5, 5.41) is 1.65. The van der Waals surface area contributed by atoms with E-state index < -0.39 is 10.0 Å². The molecule has 0 saturated carbocycles. The highest BCUT2D eigenvalue weighted by molar-refractivity contribution is 7.89. The van der Waals surface area contributed by atoms with Gasteiger partial charge in [-0.3, -0.25) is 0 Å². The number of nitrogens with zero attached hydrogens (tertiary/aromatic N) is 1. The van der Waals surface area contributed by atoms with E-state index >= 15 is 0 Å². The maximum Gasteiger partial charge on any atom is 0.241 e. The Morgan fingerprint density at radius 2 is 2.37 bits per heavy atom. The molecule has 0 amide bonds. The molecule has 2 rings (SSSR count). The van der Waals surface area contributed by atoms with Gasteiger partial charge in [0.05, 0.1) is 4.90 Å². The van der Waals surface area contributed by atoms with E-state index in [9.17, 15) is 8.42 Å². The topological polar surface area (TPSA) is 75.4 Å². The predicted molar refractivity (Wildman–Crippen MR) is 77.6 cm³/mol. The number of rotatable bonds is 5. The van der Waals surface area contributed by atoms with Crippen LogP contribution in [0.3, 0.4) is 0 Å². The van der Waals surface area contributed by atoms with Crippen molar-refractivity contribution < 1.29 is 8.42 Å². The van der Waals surface area contributed by atoms with Crippen molar-refractivity contribution in [2.75, 3.05) is 26.7 Å². The van der Waals surface area contributed by atoms with E-state index in [1.807, 2.05) is 0 Å². The summed E-state index contributed by atoms with van der Waals surface area (Å²) in [4.78, 5) is 3.47. The number of hydrogen-bond donors (Lipinski definition) is 2. The number of likely N-dealkylation sites (tertiary alicyclic amines) is 1. The Hall–Kier alpha value is -0.470. The molecule has 1 aliphatic rings. The van der Waals surface area contributed by atoms with Crippen LogP contribution >= 0.6 is 11.3 Å². The highest BCUT2D eigenvalue weighted by atomic mass is 32.2. The first kappa shape index (κ1) is 14.9. The molecule has 1 aromatic heterocycles. The lowest BCUT2D eigenvalue weighted by molar-refractivity contribution is 0.211. The minimum Gasteiger partial charge on any atom is -0.326 e. The molecule has 1 aliphatic heterocycles. The lowest BCUT2D eigenvalue weighted by atomic mass is 9.99. The van der Waals surface area contributed by atoms with Crippen molar-refractivity contribution in [1.29, 1.82) is 0 Å². The molecule has 0 bridgehead atoms. The van der Waals surface area contributed by atoms with Crippen LogP contribution in [0.2, 0.25) is 0 Å². The molecule has 108 valence electrons. The molecule has 0 aromatic carbocycles. The second-order valence-corrected chi connectivity index (χ2v) is 7.84. The maximum atomic E-state index is 12.1. The number of piperidine rings is 1. The summed E-state index contributed by atoms with van der Waals surface area (Å²) in [7, 11) is -1.30. The predicted octanol–water partition coefficient (Wildman–Crippen LogP) is 0.827. The van der Waals surface area contributed by atoms with Gasteiger partial charge in [0.25, 0.3) is 0 Å². The summed E-state index contributed by atoms with van der Waals surface area (Å²) in [5.41, 5.74) is 5.50. The molecule has 0 radical (unpaired) electrons. The van der Waals surface area contributed by atoms with E-state index in [1.54, 1.807) is 11.4 Å². The minimum absolute atomic E-state index is 0.335. The second kappa shape index (κ2) is 6.32. The van der Waals surface area contributed by atoms with E-state index in [0.717, 1.165) is 30.8 Å². The number of thiophene rings is 1. The monoisotopic (exact) mass is 303 g/mol. The van der Waals surface area contributed by atoms with Crippen LogP contribution in [0.15, 0.2) is 16.3 Å². The average molecular weight is 303 g/mol. The third kappa shape index (κ3) is 4.00. The zero-order valence-electron chi connectivity index (χ0n) is 11.1. The Bertz CT molecular complexity index is 513. The first-order valence-electron chi connectivity index (χ1n) is 6.47. The molecule has 1 aromatic rings. The van der Waals surface area contributed by atoms with Crippen LogP contribution in [0, 0.1) is 5.92 Å². The van der Waals surface area contributed by atoms with Crippen molar-refractivity contribution in [3.8, 4) is 0 Å². The van der Waals surface area contributed by atoms with E-state index in [0.29, 0.717) is 23.9 Å². The highest BCUT2D eigenvalue weighted by Crippen LogP contribution is 2.20. The molecule has 2 heterocycles. The van der Waals surface area contributed by atoms with Crippen molar-refractivity contribution in [2.45, 2.75) is 24.3 Å². The third-order valence-electron chi connectivity index (χ3n) is 3.43. The van der Waals surface area contributed by atoms with Gasteiger partial charge in [0.1, 0.15) is 0 Å². The Kier molecular flexibility index (Phi) is 4.97. The van der Waals surface area contributed by atoms with Gasteiger partial charge in [0, 0.05) is 29.9 Å². The van der Waals surface area contributed by atoms with Crippen LogP contribution in [0.1, 0.15) is 17.7 Å². The second-order valence-electron chi connectivity index (χ2n) is 5.08. The average Bonchev–Trinajstić information content (AvgIpc) is 2.86. The molecular weight excluding hydrogens is 282 g/mol. The Labute approximate surface area is 118 Å². The summed E-state index contributed by atoms with van der Waals surface area (Å²) in [6.45, 7) is 2.96. The van der Waals surface area contributed by atoms with Gasteiger partial charge >= 0.3 is 0 Å². The summed E-state index contributed by atoms with van der Waals surface area (Å²) in [5.74, 6) is 0.404. The fraction of sp³-hybridized carbons (Fsp3) is 0.667. The fourth-order valence-electron chi connectivity index (χ4n) is 2.36. The molecule has 1 unspecified atom stereocenters. The molecule has 5 nitrogen and oxygen atoms in total. The first-order valence-corrected chi connectivity index (χ1v) is 8.83. The molecule has 7 heteroatoms. The Morgan fingerprint density at radius 3 is 3.00 bits per heavy atom. The quantitative estimate of drug-likeness (QED) is 0.845. The van der Waals surface area contributed by atoms with Gasteiger partial charge in [-0.2, -0.15) is 0 Å². The molecule has 0 spiro atoms. The van der Waals surface area contributed by atoms with Crippen LogP contribution < -0.4 is 10.5 Å². The van der Waals surface area contributed by atoms with E-state index in [2.05, 4.69) is 16.7 Å². The Morgan fingerprint density at radius 1 is 1.58 bits per heavy atom. The minimum atomic E-state index is -3.38. The lowest BCUT2D eigenvalue weighted by Gasteiger charge is -2.29. The summed E-state index contributed by atoms with van der Waals surface area (Å²) in [6, 6.07) is 1.65. The largest absolute Gasteiger partial charge is 0.326 e. The molecule has 3 N–H and O–H groups in total. The number of sulfonamides is 1. The standard InChI is InChI=1S/C12H21N3O2S2/c1-15-4-2-3-10(8-15)7-14-19(16,17)12-5-11(6-13)18-9-12/h5,9-10,14H,2-4,6-8,13H2,1H3. The molecule has 0 aliphatic carbocycles. The Balaban J connectivity index is 1.93. The van der Waals surface area contributed by atoms with Gasteiger partial charge in [0.2, 0.25) is 10.0 Å². The van der Waals surface area contributed by atoms with Gasteiger partial charge < -0.3 is 10.6 Å². The van der Waals surface area contributed by atoms with Crippen LogP contribution in [0.4, 0.5) is 0 Å². The van der Waals surface area contributed by atoms with Gasteiger partial charge in [-0.1, -0.05) is 0 Å². The highest BCUT2D eigenvalue weighted by Gasteiger charge is 2.21. The van der Waals surface area contributed by atoms with E-state index in [4.69, 9.17) is 5.73 Å². The summed E-state index contributed by atoms with van der Waals surface area (Å²) >= 11 is 1.39. The molecule has 1 atom stereocenters. The number of nitrogens with two attached hydrogens (primary N) is 1. The van der Waals surface area contributed by atoms with Crippen molar-refractivity contribution in [1.82, 2.24) is 9.62 Å². The maximum absolute atomic E-state index is 12.1. The zero-order valence-corrected chi connectivity index (χ0v) is 12.8. The smallest absolute Gasteiger partial charge is 0.241 e. The van der Waals surface area contributed by atoms with Gasteiger partial charge in [-0.25, -0.2) is 13.1 Å². The number of hydrogen-bond acceptors (Lipinski definition) is 5. The van der Waals surface area contributed by atoms with Gasteiger partial charge in [-0.15, -0.1) is 11.3 Å². The SMILES string of the molecule is CN1CCCC(CNS(=O)(=O)c2csc(CN)c2)C1. The van der Waals surface area contributed by atoms with Crippen LogP contribution in [0.25, 0.3) is 0 Å². The van der Waals surface area contributed by atoms with Gasteiger partial charge in [-0.05, 0) is 38.4 Å². The van der Waals surface area contributed by atoms with Crippen LogP contribution in [-0.4, -0.2) is 40.0 Å². The van der Waals surface area contributed by atoms with Gasteiger partial charge in [0.15, 0.2) is 0 Å². The van der Waals surface area contributed by atoms with Crippen LogP contribution in [-0.2, 0) is 16.6 Å². The van der Waals surface area contributed by atoms with Crippen molar-refractivity contribution in [3.05, 3.63) is 16.3 Å². The molecule has 1 saturated heterocycles. The molecule has 1 fully saturated rings. The number of nitrogens with one attached hydrogen (secondary N) is 1. The third-order valence-corrected chi connectivity index (χ3v) is 5.94. The first-order chi connectivity index (χ1) is 9.01. The molecule has 19 heavy (non-hydrogen) atoms. The van der Waals surface area contributed by atoms with E-state index in [1.165, 1.54) is 11.3 Å². The van der Waals surface area contributed by atoms with Crippen LogP contribution in [0.5, 0.6) is 0 Å². The van der Waals surface area contributed by atoms with Crippen molar-refractivity contribution in [3.63, 3.8) is 0 Å². The fourth-order valence-corrected chi connectivity index (χ4v) is 4.63. The summed E-state index contributed by atoms with van der Waals surface area (Å²) in [6.07, 6.45) is 2.23.